The SMILES string of the molecule is Cc1c(N2C(=O)CSC2c2ccc(F)cc2)ccc(C(=O)O)c1CCOCCOCC1CCCN1. The van der Waals surface area contributed by atoms with Gasteiger partial charge >= 0.3 is 5.97 Å². The third-order valence-corrected chi connectivity index (χ3v) is 7.65. The standard InChI is InChI=1S/C26H31FN2O5S/c1-17-21(10-12-33-13-14-34-15-20-3-2-11-28-20)22(26(31)32)8-9-23(17)29-24(30)16-35-25(29)18-4-6-19(27)7-5-18/h4-9,20,25,28H,2-3,10-16H2,1H3,(H,31,32). The summed E-state index contributed by atoms with van der Waals surface area (Å²) in [5.41, 5.74) is 3.08. The van der Waals surface area contributed by atoms with E-state index in [9.17, 15) is 19.1 Å². The van der Waals surface area contributed by atoms with Gasteiger partial charge in [0.15, 0.2) is 0 Å². The van der Waals surface area contributed by atoms with Gasteiger partial charge in [-0.1, -0.05) is 12.1 Å². The highest BCUT2D eigenvalue weighted by Gasteiger charge is 2.35. The van der Waals surface area contributed by atoms with E-state index in [0.717, 1.165) is 24.1 Å². The molecule has 2 N–H and O–H groups in total. The van der Waals surface area contributed by atoms with Crippen molar-refractivity contribution < 1.29 is 28.6 Å². The monoisotopic (exact) mass is 502 g/mol. The number of aromatic carboxylic acids is 1. The predicted molar refractivity (Wildman–Crippen MR) is 134 cm³/mol. The largest absolute Gasteiger partial charge is 0.478 e. The molecule has 0 spiro atoms. The second-order valence-corrected chi connectivity index (χ2v) is 9.82. The van der Waals surface area contributed by atoms with Gasteiger partial charge in [0.2, 0.25) is 5.91 Å². The molecule has 7 nitrogen and oxygen atoms in total. The number of carboxylic acids is 1. The maximum absolute atomic E-state index is 13.4. The zero-order valence-electron chi connectivity index (χ0n) is 19.8. The summed E-state index contributed by atoms with van der Waals surface area (Å²) in [5.74, 6) is -1.11. The molecule has 0 aromatic heterocycles. The molecule has 0 aliphatic carbocycles. The van der Waals surface area contributed by atoms with Gasteiger partial charge in [-0.3, -0.25) is 9.69 Å². The highest BCUT2D eigenvalue weighted by molar-refractivity contribution is 8.00. The van der Waals surface area contributed by atoms with Gasteiger partial charge in [0.25, 0.3) is 0 Å². The minimum atomic E-state index is -1.01. The Morgan fingerprint density at radius 1 is 1.17 bits per heavy atom. The first-order chi connectivity index (χ1) is 17.0. The number of hydrogen-bond acceptors (Lipinski definition) is 6. The fraction of sp³-hybridized carbons (Fsp3) is 0.462. The Morgan fingerprint density at radius 2 is 1.94 bits per heavy atom. The van der Waals surface area contributed by atoms with Crippen molar-refractivity contribution in [2.45, 2.75) is 37.6 Å². The van der Waals surface area contributed by atoms with E-state index in [2.05, 4.69) is 5.32 Å². The van der Waals surface area contributed by atoms with Gasteiger partial charge in [-0.2, -0.15) is 0 Å². The lowest BCUT2D eigenvalue weighted by Crippen LogP contribution is -2.29. The molecule has 188 valence electrons. The normalized spacial score (nSPS) is 20.1. The maximum Gasteiger partial charge on any atom is 0.335 e. The van der Waals surface area contributed by atoms with Crippen molar-refractivity contribution >= 4 is 29.3 Å². The summed E-state index contributed by atoms with van der Waals surface area (Å²) in [7, 11) is 0. The number of ether oxygens (including phenoxy) is 2. The molecule has 9 heteroatoms. The first kappa shape index (κ1) is 25.6. The Bertz CT molecular complexity index is 1040. The van der Waals surface area contributed by atoms with E-state index in [0.29, 0.717) is 55.9 Å². The van der Waals surface area contributed by atoms with Gasteiger partial charge in [0, 0.05) is 11.7 Å². The van der Waals surface area contributed by atoms with Crippen LogP contribution in [0, 0.1) is 12.7 Å². The average Bonchev–Trinajstić information content (AvgIpc) is 3.49. The molecule has 2 atom stereocenters. The predicted octanol–water partition coefficient (Wildman–Crippen LogP) is 3.94. The summed E-state index contributed by atoms with van der Waals surface area (Å²) in [6.07, 6.45) is 2.72. The van der Waals surface area contributed by atoms with Gasteiger partial charge in [-0.25, -0.2) is 9.18 Å². The number of halogens is 1. The number of benzene rings is 2. The molecule has 1 amide bonds. The Balaban J connectivity index is 1.43. The second-order valence-electron chi connectivity index (χ2n) is 8.75. The smallest absolute Gasteiger partial charge is 0.335 e. The lowest BCUT2D eigenvalue weighted by molar-refractivity contribution is -0.115. The number of nitrogens with zero attached hydrogens (tertiary/aromatic N) is 1. The van der Waals surface area contributed by atoms with Crippen LogP contribution < -0.4 is 10.2 Å². The molecule has 35 heavy (non-hydrogen) atoms. The van der Waals surface area contributed by atoms with Crippen LogP contribution in [0.3, 0.4) is 0 Å². The number of carbonyl (C=O) groups is 2. The number of amides is 1. The first-order valence-electron chi connectivity index (χ1n) is 11.9. The van der Waals surface area contributed by atoms with Crippen LogP contribution in [-0.2, 0) is 20.7 Å². The molecular weight excluding hydrogens is 471 g/mol. The van der Waals surface area contributed by atoms with Crippen molar-refractivity contribution in [3.63, 3.8) is 0 Å². The maximum atomic E-state index is 13.4. The number of hydrogen-bond donors (Lipinski definition) is 2. The van der Waals surface area contributed by atoms with Crippen LogP contribution in [0.4, 0.5) is 10.1 Å². The summed E-state index contributed by atoms with van der Waals surface area (Å²) in [6.45, 7) is 4.82. The third kappa shape index (κ3) is 6.22. The van der Waals surface area contributed by atoms with Crippen molar-refractivity contribution in [1.29, 1.82) is 0 Å². The van der Waals surface area contributed by atoms with E-state index in [1.54, 1.807) is 29.2 Å². The van der Waals surface area contributed by atoms with Crippen molar-refractivity contribution in [1.82, 2.24) is 5.32 Å². The zero-order chi connectivity index (χ0) is 24.8. The molecule has 2 fully saturated rings. The van der Waals surface area contributed by atoms with E-state index < -0.39 is 5.97 Å². The molecule has 4 rings (SSSR count). The van der Waals surface area contributed by atoms with Gasteiger partial charge in [-0.05, 0) is 73.7 Å². The molecule has 2 aliphatic rings. The Morgan fingerprint density at radius 3 is 2.66 bits per heavy atom. The lowest BCUT2D eigenvalue weighted by Gasteiger charge is -2.27. The number of rotatable bonds is 11. The van der Waals surface area contributed by atoms with Crippen LogP contribution >= 0.6 is 11.8 Å². The van der Waals surface area contributed by atoms with Gasteiger partial charge in [-0.15, -0.1) is 11.8 Å². The number of nitrogens with one attached hydrogen (secondary N) is 1. The molecule has 2 aromatic rings. The lowest BCUT2D eigenvalue weighted by atomic mass is 9.96. The van der Waals surface area contributed by atoms with Crippen LogP contribution in [0.1, 0.15) is 45.3 Å². The molecule has 2 heterocycles. The van der Waals surface area contributed by atoms with Crippen LogP contribution in [0.2, 0.25) is 0 Å². The Labute approximate surface area is 209 Å². The summed E-state index contributed by atoms with van der Waals surface area (Å²) in [6, 6.07) is 9.79. The number of carbonyl (C=O) groups excluding carboxylic acids is 1. The van der Waals surface area contributed by atoms with E-state index >= 15 is 0 Å². The van der Waals surface area contributed by atoms with E-state index in [1.165, 1.54) is 30.3 Å². The molecule has 0 radical (unpaired) electrons. The van der Waals surface area contributed by atoms with Crippen molar-refractivity contribution in [2.24, 2.45) is 0 Å². The molecule has 0 bridgehead atoms. The Kier molecular flexibility index (Phi) is 8.78. The summed E-state index contributed by atoms with van der Waals surface area (Å²) >= 11 is 1.47. The number of carboxylic acid groups (broad SMARTS) is 1. The van der Waals surface area contributed by atoms with Crippen molar-refractivity contribution in [3.8, 4) is 0 Å². The number of thioether (sulfide) groups is 1. The van der Waals surface area contributed by atoms with Crippen molar-refractivity contribution in [3.05, 3.63) is 64.5 Å². The molecule has 2 aliphatic heterocycles. The third-order valence-electron chi connectivity index (χ3n) is 6.43. The van der Waals surface area contributed by atoms with Crippen LogP contribution in [0.15, 0.2) is 36.4 Å². The topological polar surface area (TPSA) is 88.1 Å². The minimum absolute atomic E-state index is 0.0633. The van der Waals surface area contributed by atoms with Gasteiger partial charge in [0.1, 0.15) is 11.2 Å². The number of anilines is 1. The average molecular weight is 503 g/mol. The van der Waals surface area contributed by atoms with Crippen LogP contribution in [0.5, 0.6) is 0 Å². The quantitative estimate of drug-likeness (QED) is 0.450. The fourth-order valence-electron chi connectivity index (χ4n) is 4.61. The zero-order valence-corrected chi connectivity index (χ0v) is 20.6. The highest BCUT2D eigenvalue weighted by Crippen LogP contribution is 2.43. The molecule has 0 saturated carbocycles. The van der Waals surface area contributed by atoms with Crippen molar-refractivity contribution in [2.75, 3.05) is 43.6 Å². The van der Waals surface area contributed by atoms with Gasteiger partial charge in [0.05, 0.1) is 37.7 Å². The first-order valence-corrected chi connectivity index (χ1v) is 12.9. The summed E-state index contributed by atoms with van der Waals surface area (Å²) < 4.78 is 24.8. The summed E-state index contributed by atoms with van der Waals surface area (Å²) in [5, 5.41) is 12.8. The molecular formula is C26H31FN2O5S. The Hall–Kier alpha value is -2.46. The summed E-state index contributed by atoms with van der Waals surface area (Å²) in [4.78, 5) is 26.4. The highest BCUT2D eigenvalue weighted by atomic mass is 32.2. The van der Waals surface area contributed by atoms with E-state index in [4.69, 9.17) is 9.47 Å². The fourth-order valence-corrected chi connectivity index (χ4v) is 5.77. The van der Waals surface area contributed by atoms with Crippen LogP contribution in [0.25, 0.3) is 0 Å². The van der Waals surface area contributed by atoms with Gasteiger partial charge < -0.3 is 19.9 Å². The second kappa shape index (κ2) is 12.0. The van der Waals surface area contributed by atoms with Crippen LogP contribution in [-0.4, -0.2) is 61.7 Å². The molecule has 2 aromatic carbocycles. The molecule has 2 saturated heterocycles. The minimum Gasteiger partial charge on any atom is -0.478 e. The molecule has 2 unspecified atom stereocenters. The van der Waals surface area contributed by atoms with E-state index in [1.807, 2.05) is 6.92 Å². The van der Waals surface area contributed by atoms with E-state index in [-0.39, 0.29) is 22.7 Å².